The predicted octanol–water partition coefficient (Wildman–Crippen LogP) is 4.78. The molecule has 32 heavy (non-hydrogen) atoms. The summed E-state index contributed by atoms with van der Waals surface area (Å²) in [6.45, 7) is 7.98. The van der Waals surface area contributed by atoms with Gasteiger partial charge in [-0.15, -0.1) is 0 Å². The molecule has 3 aromatic rings. The summed E-state index contributed by atoms with van der Waals surface area (Å²) in [6.07, 6.45) is 0.373. The van der Waals surface area contributed by atoms with Crippen molar-refractivity contribution in [2.24, 2.45) is 0 Å². The third kappa shape index (κ3) is 4.61. The maximum atomic E-state index is 12.6. The van der Waals surface area contributed by atoms with Crippen LogP contribution in [0.4, 0.5) is 0 Å². The molecule has 1 aliphatic rings. The Morgan fingerprint density at radius 1 is 1.16 bits per heavy atom. The molecule has 1 fully saturated rings. The molecule has 0 radical (unpaired) electrons. The lowest BCUT2D eigenvalue weighted by Gasteiger charge is -2.16. The fourth-order valence-corrected chi connectivity index (χ4v) is 3.92. The summed E-state index contributed by atoms with van der Waals surface area (Å²) >= 11 is 0. The quantitative estimate of drug-likeness (QED) is 0.507. The van der Waals surface area contributed by atoms with Crippen molar-refractivity contribution in [3.8, 4) is 22.9 Å². The highest BCUT2D eigenvalue weighted by atomic mass is 16.5. The maximum Gasteiger partial charge on any atom is 0.232 e. The van der Waals surface area contributed by atoms with E-state index in [1.54, 1.807) is 7.11 Å². The van der Waals surface area contributed by atoms with Crippen molar-refractivity contribution < 1.29 is 18.8 Å². The van der Waals surface area contributed by atoms with Gasteiger partial charge in [0.2, 0.25) is 17.6 Å². The Hall–Kier alpha value is -3.35. The van der Waals surface area contributed by atoms with Crippen LogP contribution in [0.15, 0.2) is 47.0 Å². The second-order valence-corrected chi connectivity index (χ2v) is 8.33. The highest BCUT2D eigenvalue weighted by molar-refractivity contribution is 5.79. The summed E-state index contributed by atoms with van der Waals surface area (Å²) in [4.78, 5) is 19.0. The highest BCUT2D eigenvalue weighted by Crippen LogP contribution is 2.33. The first-order valence-corrected chi connectivity index (χ1v) is 11.0. The third-order valence-corrected chi connectivity index (χ3v) is 5.75. The average molecular weight is 436 g/mol. The zero-order valence-electron chi connectivity index (χ0n) is 19.0. The van der Waals surface area contributed by atoms with E-state index < -0.39 is 0 Å². The largest absolute Gasteiger partial charge is 0.493 e. The molecular weight excluding hydrogens is 406 g/mol. The van der Waals surface area contributed by atoms with Gasteiger partial charge in [-0.1, -0.05) is 43.3 Å². The van der Waals surface area contributed by atoms with Crippen molar-refractivity contribution in [3.05, 3.63) is 59.5 Å². The van der Waals surface area contributed by atoms with E-state index in [0.717, 1.165) is 11.1 Å². The molecule has 0 saturated carbocycles. The summed E-state index contributed by atoms with van der Waals surface area (Å²) in [5.74, 6) is 2.72. The maximum absolute atomic E-state index is 12.6. The summed E-state index contributed by atoms with van der Waals surface area (Å²) in [7, 11) is 1.60. The van der Waals surface area contributed by atoms with Crippen LogP contribution < -0.4 is 9.47 Å². The van der Waals surface area contributed by atoms with Crippen LogP contribution in [0.25, 0.3) is 11.4 Å². The van der Waals surface area contributed by atoms with Crippen molar-refractivity contribution in [3.63, 3.8) is 0 Å². The zero-order valence-corrected chi connectivity index (χ0v) is 19.0. The van der Waals surface area contributed by atoms with Gasteiger partial charge in [0.25, 0.3) is 0 Å². The average Bonchev–Trinajstić information content (AvgIpc) is 3.42. The zero-order chi connectivity index (χ0) is 22.7. The van der Waals surface area contributed by atoms with Crippen LogP contribution in [0.3, 0.4) is 0 Å². The number of likely N-dealkylation sites (tertiary alicyclic amines) is 1. The number of carbonyl (C=O) groups excluding carboxylic acids is 1. The molecule has 1 amide bonds. The van der Waals surface area contributed by atoms with Gasteiger partial charge in [0.1, 0.15) is 0 Å². The van der Waals surface area contributed by atoms with Crippen molar-refractivity contribution in [1.29, 1.82) is 0 Å². The van der Waals surface area contributed by atoms with Crippen LogP contribution in [0.2, 0.25) is 0 Å². The lowest BCUT2D eigenvalue weighted by Crippen LogP contribution is -2.24. The molecule has 0 aliphatic carbocycles. The molecule has 1 unspecified atom stereocenters. The minimum absolute atomic E-state index is 0.102. The number of hydrogen-bond acceptors (Lipinski definition) is 6. The Balaban J connectivity index is 1.45. The minimum atomic E-state index is -0.108. The van der Waals surface area contributed by atoms with Crippen molar-refractivity contribution >= 4 is 5.91 Å². The number of amides is 1. The van der Waals surface area contributed by atoms with Crippen LogP contribution in [-0.4, -0.2) is 41.2 Å². The molecule has 7 heteroatoms. The summed E-state index contributed by atoms with van der Waals surface area (Å²) < 4.78 is 16.5. The van der Waals surface area contributed by atoms with Gasteiger partial charge >= 0.3 is 0 Å². The van der Waals surface area contributed by atoms with E-state index in [1.165, 1.54) is 5.56 Å². The number of rotatable bonds is 8. The van der Waals surface area contributed by atoms with E-state index in [1.807, 2.05) is 30.0 Å². The fourth-order valence-electron chi connectivity index (χ4n) is 3.92. The van der Waals surface area contributed by atoms with Crippen molar-refractivity contribution in [1.82, 2.24) is 15.0 Å². The first kappa shape index (κ1) is 21.9. The molecule has 2 heterocycles. The second-order valence-electron chi connectivity index (χ2n) is 8.33. The second kappa shape index (κ2) is 9.42. The van der Waals surface area contributed by atoms with Gasteiger partial charge in [0, 0.05) is 25.1 Å². The summed E-state index contributed by atoms with van der Waals surface area (Å²) in [5.41, 5.74) is 3.19. The first-order valence-electron chi connectivity index (χ1n) is 11.0. The number of carbonyl (C=O) groups is 1. The molecule has 0 bridgehead atoms. The molecule has 4 rings (SSSR count). The molecule has 0 N–H and O–H groups in total. The van der Waals surface area contributed by atoms with E-state index in [9.17, 15) is 4.79 Å². The summed E-state index contributed by atoms with van der Waals surface area (Å²) in [6, 6.07) is 14.0. The fraction of sp³-hybridized carbons (Fsp3) is 0.400. The number of methoxy groups -OCH3 is 1. The van der Waals surface area contributed by atoms with Crippen molar-refractivity contribution in [2.45, 2.75) is 45.6 Å². The van der Waals surface area contributed by atoms with E-state index >= 15 is 0 Å². The number of nitrogens with zero attached hydrogens (tertiary/aromatic N) is 3. The van der Waals surface area contributed by atoms with E-state index in [-0.39, 0.29) is 11.8 Å². The van der Waals surface area contributed by atoms with Gasteiger partial charge in [-0.25, -0.2) is 0 Å². The van der Waals surface area contributed by atoms with Gasteiger partial charge in [-0.2, -0.15) is 4.98 Å². The monoisotopic (exact) mass is 435 g/mol. The van der Waals surface area contributed by atoms with Crippen LogP contribution in [0, 0.1) is 0 Å². The van der Waals surface area contributed by atoms with Crippen LogP contribution in [0.5, 0.6) is 11.5 Å². The third-order valence-electron chi connectivity index (χ3n) is 5.75. The number of hydrogen-bond donors (Lipinski definition) is 0. The minimum Gasteiger partial charge on any atom is -0.493 e. The lowest BCUT2D eigenvalue weighted by molar-refractivity contribution is -0.128. The SMILES string of the molecule is CCOc1ccc(-c2noc(C3CC(=O)N(Cc4ccc(C(C)C)cc4)C3)n2)cc1OC. The number of aromatic nitrogens is 2. The molecule has 0 spiro atoms. The number of benzene rings is 2. The van der Waals surface area contributed by atoms with E-state index in [2.05, 4.69) is 48.3 Å². The summed E-state index contributed by atoms with van der Waals surface area (Å²) in [5, 5.41) is 4.13. The van der Waals surface area contributed by atoms with Crippen LogP contribution in [-0.2, 0) is 11.3 Å². The van der Waals surface area contributed by atoms with Gasteiger partial charge < -0.3 is 18.9 Å². The smallest absolute Gasteiger partial charge is 0.232 e. The van der Waals surface area contributed by atoms with Gasteiger partial charge in [-0.05, 0) is 42.2 Å². The Labute approximate surface area is 188 Å². The number of ether oxygens (including phenoxy) is 2. The molecule has 1 atom stereocenters. The van der Waals surface area contributed by atoms with Crippen LogP contribution >= 0.6 is 0 Å². The first-order chi connectivity index (χ1) is 15.5. The normalized spacial score (nSPS) is 16.1. The van der Waals surface area contributed by atoms with Gasteiger partial charge in [-0.3, -0.25) is 4.79 Å². The molecular formula is C25H29N3O4. The molecule has 1 aliphatic heterocycles. The lowest BCUT2D eigenvalue weighted by atomic mass is 10.0. The van der Waals surface area contributed by atoms with Gasteiger partial charge in [0.15, 0.2) is 11.5 Å². The molecule has 7 nitrogen and oxygen atoms in total. The van der Waals surface area contributed by atoms with E-state index in [4.69, 9.17) is 14.0 Å². The Bertz CT molecular complexity index is 1080. The highest BCUT2D eigenvalue weighted by Gasteiger charge is 2.34. The molecule has 1 saturated heterocycles. The van der Waals surface area contributed by atoms with E-state index in [0.29, 0.717) is 55.2 Å². The Morgan fingerprint density at radius 3 is 2.62 bits per heavy atom. The molecule has 1 aromatic heterocycles. The Morgan fingerprint density at radius 2 is 1.94 bits per heavy atom. The molecule has 2 aromatic carbocycles. The predicted molar refractivity (Wildman–Crippen MR) is 121 cm³/mol. The Kier molecular flexibility index (Phi) is 6.44. The standard InChI is InChI=1S/C25H29N3O4/c1-5-31-21-11-10-19(12-22(21)30-4)24-26-25(32-27-24)20-13-23(29)28(15-20)14-17-6-8-18(9-7-17)16(2)3/h6-12,16,20H,5,13-15H2,1-4H3. The van der Waals surface area contributed by atoms with Crippen LogP contribution in [0.1, 0.15) is 56.0 Å². The topological polar surface area (TPSA) is 77.7 Å². The molecule has 168 valence electrons. The van der Waals surface area contributed by atoms with Crippen molar-refractivity contribution in [2.75, 3.05) is 20.3 Å². The van der Waals surface area contributed by atoms with Gasteiger partial charge in [0.05, 0.1) is 19.6 Å².